The molecule has 0 aromatic carbocycles. The van der Waals surface area contributed by atoms with Gasteiger partial charge in [0.1, 0.15) is 30.8 Å². The van der Waals surface area contributed by atoms with Gasteiger partial charge in [-0.05, 0) is 43.9 Å². The monoisotopic (exact) mass is 675 g/mol. The average Bonchev–Trinajstić information content (AvgIpc) is 3.06. The van der Waals surface area contributed by atoms with E-state index in [9.17, 15) is 25.2 Å². The van der Waals surface area contributed by atoms with Crippen LogP contribution in [0.2, 0.25) is 0 Å². The molecule has 0 bridgehead atoms. The molecule has 4 aliphatic rings. The molecule has 3 saturated heterocycles. The Hall–Kier alpha value is -1.04. The second-order valence-electron chi connectivity index (χ2n) is 14.4. The zero-order chi connectivity index (χ0) is 33.8. The second kappa shape index (κ2) is 20.0. The van der Waals surface area contributed by atoms with Crippen molar-refractivity contribution in [3.8, 4) is 0 Å². The van der Waals surface area contributed by atoms with Crippen molar-refractivity contribution in [2.45, 2.75) is 101 Å². The van der Waals surface area contributed by atoms with Crippen LogP contribution >= 0.6 is 0 Å². The van der Waals surface area contributed by atoms with Crippen LogP contribution in [-0.2, 0) is 14.3 Å². The minimum absolute atomic E-state index is 0.0115. The molecular formula is C33H62FN5O8. The van der Waals surface area contributed by atoms with Gasteiger partial charge in [-0.15, -0.1) is 0 Å². The number of carbonyl (C=O) groups is 1. The van der Waals surface area contributed by atoms with E-state index in [1.54, 1.807) is 12.0 Å². The molecular weight excluding hydrogens is 613 g/mol. The smallest absolute Gasteiger partial charge is 0.222 e. The van der Waals surface area contributed by atoms with Crippen LogP contribution in [0.5, 0.6) is 0 Å². The Morgan fingerprint density at radius 3 is 2.32 bits per heavy atom. The first-order valence-corrected chi connectivity index (χ1v) is 17.9. The van der Waals surface area contributed by atoms with Crippen LogP contribution in [0.1, 0.15) is 57.8 Å². The third kappa shape index (κ3) is 12.1. The van der Waals surface area contributed by atoms with Crippen molar-refractivity contribution in [2.24, 2.45) is 23.7 Å². The Bertz CT molecular complexity index is 891. The summed E-state index contributed by atoms with van der Waals surface area (Å²) in [5.74, 6) is 1.17. The number of carbonyl (C=O) groups excluding carboxylic acids is 1. The highest BCUT2D eigenvalue weighted by molar-refractivity contribution is 5.77. The van der Waals surface area contributed by atoms with Gasteiger partial charge in [-0.25, -0.2) is 4.39 Å². The summed E-state index contributed by atoms with van der Waals surface area (Å²) in [6.45, 7) is 6.54. The fourth-order valence-corrected chi connectivity index (χ4v) is 7.50. The third-order valence-electron chi connectivity index (χ3n) is 10.7. The van der Waals surface area contributed by atoms with E-state index in [1.807, 2.05) is 0 Å². The average molecular weight is 676 g/mol. The minimum Gasteiger partial charge on any atom is -0.394 e. The van der Waals surface area contributed by atoms with Crippen LogP contribution in [0.4, 0.5) is 4.39 Å². The predicted octanol–water partition coefficient (Wildman–Crippen LogP) is -0.995. The molecule has 8 N–H and O–H groups in total. The fraction of sp³-hybridized carbons (Fsp3) is 0.970. The van der Waals surface area contributed by atoms with E-state index in [2.05, 4.69) is 20.9 Å². The number of unbranched alkanes of at least 4 members (excludes halogenated alkanes) is 1. The first-order chi connectivity index (χ1) is 22.7. The molecule has 4 rings (SSSR count). The van der Waals surface area contributed by atoms with Gasteiger partial charge in [0.2, 0.25) is 5.91 Å². The lowest BCUT2D eigenvalue weighted by Crippen LogP contribution is -2.62. The molecule has 0 aromatic rings. The molecule has 1 saturated carbocycles. The maximum atomic E-state index is 15.0. The maximum absolute atomic E-state index is 15.0. The van der Waals surface area contributed by atoms with Crippen LogP contribution in [0.3, 0.4) is 0 Å². The van der Waals surface area contributed by atoms with Crippen molar-refractivity contribution in [1.82, 2.24) is 25.8 Å². The van der Waals surface area contributed by atoms with Gasteiger partial charge in [-0.2, -0.15) is 0 Å². The molecule has 3 heterocycles. The van der Waals surface area contributed by atoms with Crippen LogP contribution in [0.15, 0.2) is 0 Å². The van der Waals surface area contributed by atoms with E-state index in [-0.39, 0.29) is 43.1 Å². The van der Waals surface area contributed by atoms with E-state index in [4.69, 9.17) is 14.6 Å². The summed E-state index contributed by atoms with van der Waals surface area (Å²) < 4.78 is 26.4. The number of nitrogens with one attached hydrogen (secondary N) is 3. The zero-order valence-electron chi connectivity index (χ0n) is 28.2. The summed E-state index contributed by atoms with van der Waals surface area (Å²) in [7, 11) is 1.76. The minimum atomic E-state index is -1.66. The quantitative estimate of drug-likeness (QED) is 0.0785. The van der Waals surface area contributed by atoms with Crippen molar-refractivity contribution in [2.75, 3.05) is 79.3 Å². The lowest BCUT2D eigenvalue weighted by atomic mass is 9.83. The number of amides is 1. The van der Waals surface area contributed by atoms with Crippen molar-refractivity contribution >= 4 is 5.91 Å². The van der Waals surface area contributed by atoms with Gasteiger partial charge in [-0.1, -0.05) is 12.8 Å². The lowest BCUT2D eigenvalue weighted by molar-refractivity contribution is -0.140. The van der Waals surface area contributed by atoms with E-state index in [0.29, 0.717) is 45.0 Å². The molecule has 0 spiro atoms. The fourth-order valence-electron chi connectivity index (χ4n) is 7.50. The molecule has 3 unspecified atom stereocenters. The topological polar surface area (TPSA) is 179 Å². The van der Waals surface area contributed by atoms with E-state index in [1.165, 1.54) is 19.3 Å². The van der Waals surface area contributed by atoms with Gasteiger partial charge in [0.15, 0.2) is 0 Å². The standard InChI is InChI=1S/C33H62FN5O8/c1-46-21-23-15-36-33(37-16-23)38-9-7-22(8-10-38)4-2-3-11-47-26-6-5-25(27(34)13-26)12-30(43)39-18-24(19-39)14-35-17-28(41)31(44)32(45)29(42)20-40/h22-29,31-33,35-37,40-42,44-45H,2-21H2,1H3/t23?,25?,26?,27?,28-,29+,31+,32+,33?/m0/s1. The highest BCUT2D eigenvalue weighted by atomic mass is 19.1. The molecule has 7 atom stereocenters. The molecule has 0 aromatic heterocycles. The van der Waals surface area contributed by atoms with Crippen molar-refractivity contribution in [3.63, 3.8) is 0 Å². The maximum Gasteiger partial charge on any atom is 0.222 e. The largest absolute Gasteiger partial charge is 0.394 e. The first-order valence-electron chi connectivity index (χ1n) is 17.9. The number of aliphatic hydroxyl groups is 5. The summed E-state index contributed by atoms with van der Waals surface area (Å²) in [6.07, 6.45) is 0.878. The molecule has 0 radical (unpaired) electrons. The van der Waals surface area contributed by atoms with Gasteiger partial charge in [-0.3, -0.25) is 20.3 Å². The summed E-state index contributed by atoms with van der Waals surface area (Å²) >= 11 is 0. The summed E-state index contributed by atoms with van der Waals surface area (Å²) in [6, 6.07) is 0. The normalized spacial score (nSPS) is 30.9. The summed E-state index contributed by atoms with van der Waals surface area (Å²) in [5.41, 5.74) is 0. The number of nitrogens with zero attached hydrogens (tertiary/aromatic N) is 2. The highest BCUT2D eigenvalue weighted by Crippen LogP contribution is 2.33. The van der Waals surface area contributed by atoms with Crippen LogP contribution in [0.25, 0.3) is 0 Å². The number of alkyl halides is 1. The Labute approximate surface area is 279 Å². The number of aliphatic hydroxyl groups excluding tert-OH is 5. The molecule has 14 heteroatoms. The highest BCUT2D eigenvalue weighted by Gasteiger charge is 2.37. The van der Waals surface area contributed by atoms with E-state index < -0.39 is 37.2 Å². The summed E-state index contributed by atoms with van der Waals surface area (Å²) in [5, 5.41) is 58.1. The number of piperidine rings is 1. The molecule has 47 heavy (non-hydrogen) atoms. The van der Waals surface area contributed by atoms with Gasteiger partial charge in [0, 0.05) is 90.8 Å². The van der Waals surface area contributed by atoms with E-state index in [0.717, 1.165) is 58.0 Å². The van der Waals surface area contributed by atoms with Gasteiger partial charge < -0.3 is 45.2 Å². The number of hydrogen-bond acceptors (Lipinski definition) is 12. The van der Waals surface area contributed by atoms with E-state index >= 15 is 4.39 Å². The van der Waals surface area contributed by atoms with Crippen molar-refractivity contribution < 1.29 is 44.2 Å². The third-order valence-corrected chi connectivity index (χ3v) is 10.7. The lowest BCUT2D eigenvalue weighted by Gasteiger charge is -2.41. The zero-order valence-corrected chi connectivity index (χ0v) is 28.2. The number of hydrogen-bond donors (Lipinski definition) is 8. The van der Waals surface area contributed by atoms with Gasteiger partial charge >= 0.3 is 0 Å². The van der Waals surface area contributed by atoms with Crippen LogP contribution in [-0.4, -0.2) is 164 Å². The number of methoxy groups -OCH3 is 1. The van der Waals surface area contributed by atoms with Crippen molar-refractivity contribution in [1.29, 1.82) is 0 Å². The Morgan fingerprint density at radius 1 is 0.957 bits per heavy atom. The number of rotatable bonds is 19. The number of ether oxygens (including phenoxy) is 2. The molecule has 274 valence electrons. The SMILES string of the molecule is COCC1CNC(N2CCC(CCCCOC3CCC(CC(=O)N4CC(CNC[C@H](O)[C@@H](O)[C@H](O)[C@H](O)CO)C4)C(F)C3)CC2)NC1. The second-order valence-corrected chi connectivity index (χ2v) is 14.4. The Balaban J connectivity index is 0.988. The first kappa shape index (κ1) is 38.8. The Morgan fingerprint density at radius 2 is 1.66 bits per heavy atom. The van der Waals surface area contributed by atoms with Gasteiger partial charge in [0.05, 0.1) is 25.4 Å². The molecule has 4 fully saturated rings. The molecule has 3 aliphatic heterocycles. The van der Waals surface area contributed by atoms with Crippen LogP contribution in [0, 0.1) is 23.7 Å². The van der Waals surface area contributed by atoms with Gasteiger partial charge in [0.25, 0.3) is 0 Å². The number of halogens is 1. The summed E-state index contributed by atoms with van der Waals surface area (Å²) in [4.78, 5) is 17.0. The Kier molecular flexibility index (Phi) is 16.5. The molecule has 13 nitrogen and oxygen atoms in total. The van der Waals surface area contributed by atoms with Crippen LogP contribution < -0.4 is 16.0 Å². The molecule has 1 aliphatic carbocycles. The number of likely N-dealkylation sites (tertiary alicyclic amines) is 2. The predicted molar refractivity (Wildman–Crippen MR) is 174 cm³/mol. The molecule has 1 amide bonds. The van der Waals surface area contributed by atoms with Crippen molar-refractivity contribution in [3.05, 3.63) is 0 Å².